The third kappa shape index (κ3) is 8.46. The number of nitrogens with zero attached hydrogens (tertiary/aromatic N) is 4. The number of unbranched alkanes of at least 4 members (excludes halogenated alkanes) is 12. The van der Waals surface area contributed by atoms with Gasteiger partial charge >= 0.3 is 0 Å². The number of anilines is 1. The molecule has 8 nitrogen and oxygen atoms in total. The predicted molar refractivity (Wildman–Crippen MR) is 261 cm³/mol. The summed E-state index contributed by atoms with van der Waals surface area (Å²) in [5.41, 5.74) is 3.40. The molecule has 0 unspecified atom stereocenters. The summed E-state index contributed by atoms with van der Waals surface area (Å²) in [5.74, 6) is -0.719. The molecule has 4 amide bonds. The average Bonchev–Trinajstić information content (AvgIpc) is 3.29. The van der Waals surface area contributed by atoms with Crippen molar-refractivity contribution in [2.24, 2.45) is 0 Å². The van der Waals surface area contributed by atoms with E-state index in [9.17, 15) is 14.4 Å². The topological polar surface area (TPSA) is 81.2 Å². The van der Waals surface area contributed by atoms with Crippen LogP contribution in [0.1, 0.15) is 198 Å². The van der Waals surface area contributed by atoms with Crippen molar-refractivity contribution in [1.82, 2.24) is 14.7 Å². The fourth-order valence-electron chi connectivity index (χ4n) is 11.4. The molecule has 3 aliphatic rings. The zero-order chi connectivity index (χ0) is 44.2. The van der Waals surface area contributed by atoms with Gasteiger partial charge in [0.05, 0.1) is 5.56 Å². The van der Waals surface area contributed by atoms with Gasteiger partial charge in [0.15, 0.2) is 0 Å². The molecule has 8 rings (SSSR count). The van der Waals surface area contributed by atoms with Crippen LogP contribution in [-0.2, 0) is 0 Å². The number of rotatable bonds is 23. The summed E-state index contributed by atoms with van der Waals surface area (Å²) in [4.78, 5) is 67.8. The number of imide groups is 2. The molecule has 3 heterocycles. The molecule has 5 aromatic rings. The van der Waals surface area contributed by atoms with Crippen molar-refractivity contribution >= 4 is 72.4 Å². The lowest BCUT2D eigenvalue weighted by Gasteiger charge is -2.38. The number of piperazine rings is 1. The largest absolute Gasteiger partial charge is 0.368 e. The summed E-state index contributed by atoms with van der Waals surface area (Å²) in [6.07, 6.45) is 21.0. The second-order valence-electron chi connectivity index (χ2n) is 19.3. The van der Waals surface area contributed by atoms with E-state index in [2.05, 4.69) is 68.8 Å². The lowest BCUT2D eigenvalue weighted by molar-refractivity contribution is 0.0501. The van der Waals surface area contributed by atoms with Gasteiger partial charge in [-0.05, 0) is 78.5 Å². The highest BCUT2D eigenvalue weighted by Crippen LogP contribution is 2.50. The van der Waals surface area contributed by atoms with Crippen LogP contribution in [0.4, 0.5) is 5.69 Å². The minimum Gasteiger partial charge on any atom is -0.368 e. The van der Waals surface area contributed by atoms with E-state index < -0.39 is 0 Å². The molecule has 1 fully saturated rings. The SMILES string of the molecule is CCCCCCC(CCCCCC)N1C(=O)c2ccc3c4ccc5c6c(cc(N7CCN(C)CC7)c(c7ccc(c2c37)C1=O)c64)C(=O)N(C(CCCCCC)CCCCCC)C5=O. The highest BCUT2D eigenvalue weighted by Gasteiger charge is 2.41. The first-order chi connectivity index (χ1) is 30.7. The molecule has 0 atom stereocenters. The van der Waals surface area contributed by atoms with Gasteiger partial charge in [-0.1, -0.05) is 149 Å². The minimum atomic E-state index is -0.183. The molecule has 0 aliphatic carbocycles. The minimum absolute atomic E-state index is 0.128. The van der Waals surface area contributed by atoms with E-state index >= 15 is 4.79 Å². The fourth-order valence-corrected chi connectivity index (χ4v) is 11.4. The average molecular weight is 853 g/mol. The quantitative estimate of drug-likeness (QED) is 0.0282. The Morgan fingerprint density at radius 1 is 0.413 bits per heavy atom. The molecule has 336 valence electrons. The van der Waals surface area contributed by atoms with Crippen molar-refractivity contribution < 1.29 is 19.2 Å². The number of hydrogen-bond donors (Lipinski definition) is 0. The van der Waals surface area contributed by atoms with Crippen LogP contribution in [0, 0.1) is 0 Å². The molecule has 63 heavy (non-hydrogen) atoms. The summed E-state index contributed by atoms with van der Waals surface area (Å²) >= 11 is 0. The number of carbonyl (C=O) groups is 4. The van der Waals surface area contributed by atoms with Crippen LogP contribution in [0.2, 0.25) is 0 Å². The van der Waals surface area contributed by atoms with Crippen LogP contribution in [-0.4, -0.2) is 83.6 Å². The maximum absolute atomic E-state index is 15.2. The first kappa shape index (κ1) is 45.0. The smallest absolute Gasteiger partial charge is 0.261 e. The van der Waals surface area contributed by atoms with Crippen molar-refractivity contribution in [3.63, 3.8) is 0 Å². The summed E-state index contributed by atoms with van der Waals surface area (Å²) in [6, 6.07) is 13.9. The van der Waals surface area contributed by atoms with Gasteiger partial charge in [-0.2, -0.15) is 0 Å². The van der Waals surface area contributed by atoms with E-state index in [0.29, 0.717) is 22.3 Å². The molecule has 8 heteroatoms. The Balaban J connectivity index is 1.29. The predicted octanol–water partition coefficient (Wildman–Crippen LogP) is 13.3. The Labute approximate surface area is 376 Å². The maximum atomic E-state index is 15.2. The summed E-state index contributed by atoms with van der Waals surface area (Å²) in [5, 5.41) is 7.21. The first-order valence-electron chi connectivity index (χ1n) is 25.2. The maximum Gasteiger partial charge on any atom is 0.261 e. The Morgan fingerprint density at radius 2 is 0.794 bits per heavy atom. The molecule has 0 spiro atoms. The Hall–Kier alpha value is -4.56. The van der Waals surface area contributed by atoms with E-state index in [1.54, 1.807) is 9.80 Å². The number of hydrogen-bond acceptors (Lipinski definition) is 6. The number of benzene rings is 5. The van der Waals surface area contributed by atoms with Gasteiger partial charge in [0.1, 0.15) is 0 Å². The van der Waals surface area contributed by atoms with E-state index in [-0.39, 0.29) is 35.7 Å². The number of amides is 4. The monoisotopic (exact) mass is 853 g/mol. The summed E-state index contributed by atoms with van der Waals surface area (Å²) in [7, 11) is 2.15. The van der Waals surface area contributed by atoms with Crippen molar-refractivity contribution in [3.8, 4) is 0 Å². The van der Waals surface area contributed by atoms with Gasteiger partial charge in [0.2, 0.25) is 0 Å². The second kappa shape index (κ2) is 20.1. The third-order valence-corrected chi connectivity index (χ3v) is 14.9. The molecule has 0 saturated carbocycles. The highest BCUT2D eigenvalue weighted by molar-refractivity contribution is 6.43. The summed E-state index contributed by atoms with van der Waals surface area (Å²) in [6.45, 7) is 12.2. The van der Waals surface area contributed by atoms with Crippen LogP contribution >= 0.6 is 0 Å². The molecule has 1 saturated heterocycles. The van der Waals surface area contributed by atoms with E-state index in [1.165, 1.54) is 0 Å². The number of carbonyl (C=O) groups excluding carboxylic acids is 4. The zero-order valence-corrected chi connectivity index (χ0v) is 39.1. The van der Waals surface area contributed by atoms with E-state index in [1.807, 2.05) is 18.2 Å². The van der Waals surface area contributed by atoms with E-state index in [0.717, 1.165) is 203 Å². The molecule has 3 aliphatic heterocycles. The zero-order valence-electron chi connectivity index (χ0n) is 39.1. The molecular weight excluding hydrogens is 781 g/mol. The van der Waals surface area contributed by atoms with Crippen LogP contribution in [0.15, 0.2) is 42.5 Å². The van der Waals surface area contributed by atoms with Crippen LogP contribution in [0.25, 0.3) is 43.1 Å². The van der Waals surface area contributed by atoms with Crippen molar-refractivity contribution in [3.05, 3.63) is 64.7 Å². The summed E-state index contributed by atoms with van der Waals surface area (Å²) < 4.78 is 0. The van der Waals surface area contributed by atoms with Gasteiger partial charge in [0, 0.05) is 82.2 Å². The van der Waals surface area contributed by atoms with Crippen LogP contribution < -0.4 is 4.90 Å². The second-order valence-corrected chi connectivity index (χ2v) is 19.3. The molecular formula is C55H72N4O4. The molecule has 0 N–H and O–H groups in total. The molecule has 5 aromatic carbocycles. The van der Waals surface area contributed by atoms with Crippen molar-refractivity contribution in [1.29, 1.82) is 0 Å². The standard InChI is InChI=1S/C55H72N4O4/c1-6-10-14-18-22-37(23-19-15-11-7-2)58-52(60)42-29-26-39-40-27-30-44-49-45(55(63)59(54(44)62)38(24-20-16-12-8-3)25-21-17-13-9-4)36-46(57-34-32-56(5)33-35-57)50(51(40)49)41-28-31-43(53(58)61)48(42)47(39)41/h26-31,36-38H,6-25,32-35H2,1-5H3. The van der Waals surface area contributed by atoms with Gasteiger partial charge in [0.25, 0.3) is 23.6 Å². The number of fused-ring (bicyclic) bond motifs is 2. The Morgan fingerprint density at radius 3 is 1.22 bits per heavy atom. The molecule has 0 aromatic heterocycles. The van der Waals surface area contributed by atoms with Gasteiger partial charge in [-0.3, -0.25) is 29.0 Å². The van der Waals surface area contributed by atoms with E-state index in [4.69, 9.17) is 0 Å². The Kier molecular flexibility index (Phi) is 14.4. The highest BCUT2D eigenvalue weighted by atomic mass is 16.2. The van der Waals surface area contributed by atoms with Crippen molar-refractivity contribution in [2.75, 3.05) is 38.1 Å². The third-order valence-electron chi connectivity index (χ3n) is 14.9. The first-order valence-corrected chi connectivity index (χ1v) is 25.2. The number of likely N-dealkylation sites (N-methyl/N-ethyl adjacent to an activating group) is 1. The molecule has 0 radical (unpaired) electrons. The van der Waals surface area contributed by atoms with Gasteiger partial charge < -0.3 is 9.80 Å². The lowest BCUT2D eigenvalue weighted by atomic mass is 9.80. The van der Waals surface area contributed by atoms with Crippen LogP contribution in [0.3, 0.4) is 0 Å². The fraction of sp³-hybridized carbons (Fsp3) is 0.564. The van der Waals surface area contributed by atoms with Crippen molar-refractivity contribution in [2.45, 2.75) is 168 Å². The Bertz CT molecular complexity index is 2420. The van der Waals surface area contributed by atoms with Gasteiger partial charge in [-0.25, -0.2) is 0 Å². The molecule has 0 bridgehead atoms. The lowest BCUT2D eigenvalue weighted by Crippen LogP contribution is -2.47. The van der Waals surface area contributed by atoms with Crippen LogP contribution in [0.5, 0.6) is 0 Å². The normalized spacial score (nSPS) is 16.0. The van der Waals surface area contributed by atoms with Gasteiger partial charge in [-0.15, -0.1) is 0 Å².